The molecule has 1 atom stereocenters. The Kier molecular flexibility index (Phi) is 5.08. The first kappa shape index (κ1) is 16.1. The Balaban J connectivity index is 1.57. The molecule has 0 aliphatic carbocycles. The predicted octanol–water partition coefficient (Wildman–Crippen LogP) is 3.41. The van der Waals surface area contributed by atoms with E-state index in [4.69, 9.17) is 12.2 Å². The zero-order valence-electron chi connectivity index (χ0n) is 13.7. The van der Waals surface area contributed by atoms with Gasteiger partial charge in [-0.05, 0) is 49.4 Å². The minimum absolute atomic E-state index is 0.0845. The smallest absolute Gasteiger partial charge is 0.183 e. The standard InChI is InChI=1S/C18H24N4S/c1-13-7-9-22(10-8-13)18(23)21-20-14(2)17-11-15-5-3-4-6-16(15)12-19-17/h3-6,11-14,20H,7-10H2,1-2H3,(H,21,23). The molecule has 1 aliphatic heterocycles. The topological polar surface area (TPSA) is 40.2 Å². The lowest BCUT2D eigenvalue weighted by Crippen LogP contribution is -2.49. The SMILES string of the molecule is CC1CCN(C(=S)NNC(C)c2cc3ccccc3cn2)CC1. The van der Waals surface area contributed by atoms with Crippen molar-refractivity contribution in [3.63, 3.8) is 0 Å². The lowest BCUT2D eigenvalue weighted by Gasteiger charge is -2.32. The third-order valence-electron chi connectivity index (χ3n) is 4.56. The van der Waals surface area contributed by atoms with Crippen LogP contribution >= 0.6 is 12.2 Å². The zero-order chi connectivity index (χ0) is 16.2. The molecular formula is C18H24N4S. The van der Waals surface area contributed by atoms with Gasteiger partial charge in [-0.3, -0.25) is 10.4 Å². The maximum Gasteiger partial charge on any atom is 0.183 e. The Morgan fingerprint density at radius 2 is 1.96 bits per heavy atom. The molecule has 0 spiro atoms. The summed E-state index contributed by atoms with van der Waals surface area (Å²) in [6.45, 7) is 6.47. The van der Waals surface area contributed by atoms with Gasteiger partial charge in [-0.25, -0.2) is 5.43 Å². The molecule has 1 saturated heterocycles. The summed E-state index contributed by atoms with van der Waals surface area (Å²) in [6.07, 6.45) is 4.35. The first-order chi connectivity index (χ1) is 11.1. The van der Waals surface area contributed by atoms with Crippen LogP contribution in [0.5, 0.6) is 0 Å². The van der Waals surface area contributed by atoms with E-state index in [0.29, 0.717) is 0 Å². The van der Waals surface area contributed by atoms with E-state index >= 15 is 0 Å². The van der Waals surface area contributed by atoms with Gasteiger partial charge in [-0.1, -0.05) is 31.2 Å². The molecule has 2 aromatic rings. The van der Waals surface area contributed by atoms with Crippen LogP contribution in [0.15, 0.2) is 36.5 Å². The van der Waals surface area contributed by atoms with Gasteiger partial charge in [0.2, 0.25) is 0 Å². The van der Waals surface area contributed by atoms with Crippen molar-refractivity contribution in [1.82, 2.24) is 20.7 Å². The average Bonchev–Trinajstić information content (AvgIpc) is 2.59. The predicted molar refractivity (Wildman–Crippen MR) is 99.0 cm³/mol. The summed E-state index contributed by atoms with van der Waals surface area (Å²) in [6, 6.07) is 10.5. The molecule has 1 aliphatic rings. The number of rotatable bonds is 3. The fourth-order valence-corrected chi connectivity index (χ4v) is 3.11. The van der Waals surface area contributed by atoms with Crippen molar-refractivity contribution in [1.29, 1.82) is 0 Å². The van der Waals surface area contributed by atoms with Gasteiger partial charge in [-0.15, -0.1) is 0 Å². The lowest BCUT2D eigenvalue weighted by atomic mass is 10.00. The number of fused-ring (bicyclic) bond motifs is 1. The molecule has 0 bridgehead atoms. The van der Waals surface area contributed by atoms with Crippen LogP contribution in [0, 0.1) is 5.92 Å². The van der Waals surface area contributed by atoms with Crippen LogP contribution in [0.25, 0.3) is 10.8 Å². The monoisotopic (exact) mass is 328 g/mol. The van der Waals surface area contributed by atoms with E-state index in [1.54, 1.807) is 0 Å². The Hall–Kier alpha value is -1.72. The Morgan fingerprint density at radius 3 is 2.70 bits per heavy atom. The Morgan fingerprint density at radius 1 is 1.26 bits per heavy atom. The first-order valence-electron chi connectivity index (χ1n) is 8.28. The van der Waals surface area contributed by atoms with Gasteiger partial charge in [0.25, 0.3) is 0 Å². The van der Waals surface area contributed by atoms with Crippen molar-refractivity contribution in [2.24, 2.45) is 5.92 Å². The molecule has 1 aromatic carbocycles. The number of thiocarbonyl (C=S) groups is 1. The van der Waals surface area contributed by atoms with Gasteiger partial charge in [0.05, 0.1) is 11.7 Å². The highest BCUT2D eigenvalue weighted by atomic mass is 32.1. The third-order valence-corrected chi connectivity index (χ3v) is 4.92. The van der Waals surface area contributed by atoms with Crippen molar-refractivity contribution in [2.45, 2.75) is 32.7 Å². The highest BCUT2D eigenvalue weighted by Gasteiger charge is 2.18. The molecule has 2 heterocycles. The van der Waals surface area contributed by atoms with Crippen molar-refractivity contribution >= 4 is 28.1 Å². The van der Waals surface area contributed by atoms with Crippen LogP contribution in [-0.2, 0) is 0 Å². The van der Waals surface area contributed by atoms with E-state index in [2.05, 4.69) is 58.8 Å². The van der Waals surface area contributed by atoms with Gasteiger partial charge >= 0.3 is 0 Å². The fraction of sp³-hybridized carbons (Fsp3) is 0.444. The molecule has 0 saturated carbocycles. The summed E-state index contributed by atoms with van der Waals surface area (Å²) < 4.78 is 0. The number of pyridine rings is 1. The van der Waals surface area contributed by atoms with E-state index in [1.807, 2.05) is 12.3 Å². The summed E-state index contributed by atoms with van der Waals surface area (Å²) >= 11 is 5.49. The lowest BCUT2D eigenvalue weighted by molar-refractivity contribution is 0.274. The molecule has 4 nitrogen and oxygen atoms in total. The number of hydrazine groups is 1. The molecule has 3 rings (SSSR count). The highest BCUT2D eigenvalue weighted by molar-refractivity contribution is 7.80. The number of piperidine rings is 1. The normalized spacial score (nSPS) is 17.2. The second kappa shape index (κ2) is 7.23. The van der Waals surface area contributed by atoms with Crippen LogP contribution in [0.4, 0.5) is 0 Å². The van der Waals surface area contributed by atoms with Crippen molar-refractivity contribution in [3.05, 3.63) is 42.2 Å². The summed E-state index contributed by atoms with van der Waals surface area (Å²) in [5.41, 5.74) is 7.46. The molecular weight excluding hydrogens is 304 g/mol. The molecule has 0 radical (unpaired) electrons. The quantitative estimate of drug-likeness (QED) is 0.667. The summed E-state index contributed by atoms with van der Waals surface area (Å²) in [7, 11) is 0. The van der Waals surface area contributed by atoms with Crippen LogP contribution in [-0.4, -0.2) is 28.1 Å². The largest absolute Gasteiger partial charge is 0.348 e. The van der Waals surface area contributed by atoms with Gasteiger partial charge in [0.15, 0.2) is 5.11 Å². The fourth-order valence-electron chi connectivity index (χ4n) is 2.87. The van der Waals surface area contributed by atoms with Gasteiger partial charge in [-0.2, -0.15) is 0 Å². The molecule has 1 unspecified atom stereocenters. The van der Waals surface area contributed by atoms with Crippen molar-refractivity contribution in [2.75, 3.05) is 13.1 Å². The van der Waals surface area contributed by atoms with Crippen LogP contribution < -0.4 is 10.9 Å². The molecule has 2 N–H and O–H groups in total. The summed E-state index contributed by atoms with van der Waals surface area (Å²) in [5.74, 6) is 0.808. The molecule has 1 fully saturated rings. The van der Waals surface area contributed by atoms with E-state index in [-0.39, 0.29) is 6.04 Å². The average molecular weight is 328 g/mol. The van der Waals surface area contributed by atoms with E-state index < -0.39 is 0 Å². The number of hydrogen-bond donors (Lipinski definition) is 2. The maximum atomic E-state index is 5.49. The van der Waals surface area contributed by atoms with Gasteiger partial charge in [0.1, 0.15) is 0 Å². The minimum atomic E-state index is 0.0845. The van der Waals surface area contributed by atoms with Gasteiger partial charge < -0.3 is 4.90 Å². The van der Waals surface area contributed by atoms with Gasteiger partial charge in [0, 0.05) is 24.7 Å². The van der Waals surface area contributed by atoms with E-state index in [9.17, 15) is 0 Å². The van der Waals surface area contributed by atoms with Crippen LogP contribution in [0.3, 0.4) is 0 Å². The van der Waals surface area contributed by atoms with Crippen LogP contribution in [0.1, 0.15) is 38.4 Å². The third kappa shape index (κ3) is 3.98. The second-order valence-electron chi connectivity index (χ2n) is 6.42. The van der Waals surface area contributed by atoms with Crippen molar-refractivity contribution in [3.8, 4) is 0 Å². The molecule has 122 valence electrons. The Bertz CT molecular complexity index is 680. The maximum absolute atomic E-state index is 5.49. The molecule has 5 heteroatoms. The highest BCUT2D eigenvalue weighted by Crippen LogP contribution is 2.18. The Labute approximate surface area is 143 Å². The number of aromatic nitrogens is 1. The summed E-state index contributed by atoms with van der Waals surface area (Å²) in [4.78, 5) is 6.79. The van der Waals surface area contributed by atoms with Crippen molar-refractivity contribution < 1.29 is 0 Å². The van der Waals surface area contributed by atoms with E-state index in [1.165, 1.54) is 18.2 Å². The van der Waals surface area contributed by atoms with E-state index in [0.717, 1.165) is 35.2 Å². The first-order valence-corrected chi connectivity index (χ1v) is 8.69. The number of nitrogens with one attached hydrogen (secondary N) is 2. The molecule has 1 aromatic heterocycles. The number of benzene rings is 1. The second-order valence-corrected chi connectivity index (χ2v) is 6.81. The summed E-state index contributed by atoms with van der Waals surface area (Å²) in [5, 5.41) is 3.15. The van der Waals surface area contributed by atoms with Crippen LogP contribution in [0.2, 0.25) is 0 Å². The molecule has 23 heavy (non-hydrogen) atoms. The molecule has 0 amide bonds. The number of nitrogens with zero attached hydrogens (tertiary/aromatic N) is 2. The number of hydrogen-bond acceptors (Lipinski definition) is 3. The number of likely N-dealkylation sites (tertiary alicyclic amines) is 1. The minimum Gasteiger partial charge on any atom is -0.348 e. The zero-order valence-corrected chi connectivity index (χ0v) is 14.6.